The van der Waals surface area contributed by atoms with Crippen molar-refractivity contribution < 1.29 is 0 Å². The number of allylic oxidation sites excluding steroid dienone is 10. The molecule has 0 heterocycles. The fourth-order valence-electron chi connectivity index (χ4n) is 1.04. The maximum atomic E-state index is 3.67. The van der Waals surface area contributed by atoms with Gasteiger partial charge in [-0.15, -0.1) is 0 Å². The minimum absolute atomic E-state index is 0.918. The standard InChI is InChI=1S/C16H19N/c1-5-9-13-15(11-7-3)17-16(12-8-4)14-10-6-2/h5-14,17H,1-4H2/b13-9-,14-10-,15-11+,16-12+. The van der Waals surface area contributed by atoms with E-state index in [0.717, 1.165) is 11.4 Å². The molecule has 0 unspecified atom stereocenters. The van der Waals surface area contributed by atoms with Crippen LogP contribution in [-0.2, 0) is 0 Å². The van der Waals surface area contributed by atoms with Crippen LogP contribution in [0.5, 0.6) is 0 Å². The first kappa shape index (κ1) is 14.7. The van der Waals surface area contributed by atoms with Gasteiger partial charge in [0.05, 0.1) is 0 Å². The minimum Gasteiger partial charge on any atom is -0.356 e. The Bertz CT molecular complexity index is 352. The van der Waals surface area contributed by atoms with E-state index in [0.29, 0.717) is 0 Å². The molecule has 0 aliphatic carbocycles. The Morgan fingerprint density at radius 3 is 1.35 bits per heavy atom. The summed E-state index contributed by atoms with van der Waals surface area (Å²) in [5, 5.41) is 3.24. The second kappa shape index (κ2) is 10.2. The van der Waals surface area contributed by atoms with Gasteiger partial charge in [0.2, 0.25) is 0 Å². The molecule has 0 saturated heterocycles. The lowest BCUT2D eigenvalue weighted by molar-refractivity contribution is 1.05. The first-order valence-corrected chi connectivity index (χ1v) is 5.29. The first-order valence-electron chi connectivity index (χ1n) is 5.29. The van der Waals surface area contributed by atoms with E-state index in [4.69, 9.17) is 0 Å². The smallest absolute Gasteiger partial charge is 0.0383 e. The van der Waals surface area contributed by atoms with Crippen molar-refractivity contribution in [3.63, 3.8) is 0 Å². The van der Waals surface area contributed by atoms with Gasteiger partial charge >= 0.3 is 0 Å². The van der Waals surface area contributed by atoms with Crippen LogP contribution in [0.4, 0.5) is 0 Å². The molecular weight excluding hydrogens is 206 g/mol. The molecule has 0 saturated carbocycles. The molecular formula is C16H19N. The molecule has 0 radical (unpaired) electrons. The molecule has 17 heavy (non-hydrogen) atoms. The molecule has 0 aromatic rings. The van der Waals surface area contributed by atoms with E-state index in [1.807, 2.05) is 36.5 Å². The van der Waals surface area contributed by atoms with Crippen molar-refractivity contribution >= 4 is 0 Å². The Morgan fingerprint density at radius 1 is 0.647 bits per heavy atom. The summed E-state index contributed by atoms with van der Waals surface area (Å²) < 4.78 is 0. The molecule has 1 heteroatoms. The van der Waals surface area contributed by atoms with Crippen molar-refractivity contribution in [3.05, 3.63) is 98.5 Å². The zero-order valence-electron chi connectivity index (χ0n) is 10.1. The molecule has 0 aliphatic heterocycles. The first-order chi connectivity index (χ1) is 8.28. The number of hydrogen-bond acceptors (Lipinski definition) is 1. The Kier molecular flexibility index (Phi) is 8.87. The summed E-state index contributed by atoms with van der Waals surface area (Å²) in [4.78, 5) is 0. The summed E-state index contributed by atoms with van der Waals surface area (Å²) >= 11 is 0. The monoisotopic (exact) mass is 225 g/mol. The van der Waals surface area contributed by atoms with Gasteiger partial charge in [-0.2, -0.15) is 0 Å². The van der Waals surface area contributed by atoms with Gasteiger partial charge in [0, 0.05) is 11.4 Å². The van der Waals surface area contributed by atoms with Crippen LogP contribution in [0, 0.1) is 0 Å². The average Bonchev–Trinajstić information content (AvgIpc) is 2.33. The van der Waals surface area contributed by atoms with Crippen molar-refractivity contribution in [2.75, 3.05) is 0 Å². The molecule has 0 aromatic heterocycles. The van der Waals surface area contributed by atoms with Crippen LogP contribution < -0.4 is 5.32 Å². The van der Waals surface area contributed by atoms with E-state index in [1.165, 1.54) is 0 Å². The number of nitrogens with one attached hydrogen (secondary N) is 1. The topological polar surface area (TPSA) is 12.0 Å². The van der Waals surface area contributed by atoms with Crippen LogP contribution in [0.1, 0.15) is 0 Å². The Hall–Kier alpha value is -2.28. The van der Waals surface area contributed by atoms with E-state index < -0.39 is 0 Å². The lowest BCUT2D eigenvalue weighted by Gasteiger charge is -2.07. The van der Waals surface area contributed by atoms with E-state index in [-0.39, 0.29) is 0 Å². The zero-order valence-corrected chi connectivity index (χ0v) is 10.1. The predicted molar refractivity (Wildman–Crippen MR) is 78.4 cm³/mol. The van der Waals surface area contributed by atoms with Gasteiger partial charge in [-0.05, 0) is 24.3 Å². The minimum atomic E-state index is 0.918. The Morgan fingerprint density at radius 2 is 1.06 bits per heavy atom. The number of hydrogen-bond donors (Lipinski definition) is 1. The van der Waals surface area contributed by atoms with Crippen molar-refractivity contribution in [1.82, 2.24) is 5.32 Å². The maximum absolute atomic E-state index is 3.67. The highest BCUT2D eigenvalue weighted by molar-refractivity contribution is 5.33. The highest BCUT2D eigenvalue weighted by Crippen LogP contribution is 2.01. The molecule has 0 bridgehead atoms. The van der Waals surface area contributed by atoms with Crippen molar-refractivity contribution in [3.8, 4) is 0 Å². The van der Waals surface area contributed by atoms with Crippen molar-refractivity contribution in [1.29, 1.82) is 0 Å². The quantitative estimate of drug-likeness (QED) is 0.610. The highest BCUT2D eigenvalue weighted by atomic mass is 14.9. The van der Waals surface area contributed by atoms with Crippen LogP contribution in [0.25, 0.3) is 0 Å². The summed E-state index contributed by atoms with van der Waals surface area (Å²) in [5.74, 6) is 0. The predicted octanol–water partition coefficient (Wildman–Crippen LogP) is 4.20. The molecule has 0 aromatic carbocycles. The van der Waals surface area contributed by atoms with E-state index in [1.54, 1.807) is 24.3 Å². The Labute approximate surface area is 104 Å². The fourth-order valence-corrected chi connectivity index (χ4v) is 1.04. The molecule has 0 rings (SSSR count). The lowest BCUT2D eigenvalue weighted by Crippen LogP contribution is -2.09. The van der Waals surface area contributed by atoms with Gasteiger partial charge in [0.15, 0.2) is 0 Å². The summed E-state index contributed by atoms with van der Waals surface area (Å²) in [7, 11) is 0. The van der Waals surface area contributed by atoms with Crippen LogP contribution in [-0.4, -0.2) is 0 Å². The summed E-state index contributed by atoms with van der Waals surface area (Å²) in [6.45, 7) is 14.6. The third-order valence-electron chi connectivity index (χ3n) is 1.71. The second-order valence-corrected chi connectivity index (χ2v) is 3.03. The summed E-state index contributed by atoms with van der Waals surface area (Å²) in [6, 6.07) is 0. The summed E-state index contributed by atoms with van der Waals surface area (Å²) in [5.41, 5.74) is 1.84. The van der Waals surface area contributed by atoms with Crippen LogP contribution in [0.2, 0.25) is 0 Å². The largest absolute Gasteiger partial charge is 0.356 e. The number of rotatable bonds is 8. The molecule has 0 aliphatic rings. The van der Waals surface area contributed by atoms with Gasteiger partial charge in [0.1, 0.15) is 0 Å². The van der Waals surface area contributed by atoms with Gasteiger partial charge in [-0.25, -0.2) is 0 Å². The SMILES string of the molecule is C=C/C=C\C(=C/C=C)NC(/C=C\C=C)=C/C=C. The van der Waals surface area contributed by atoms with Gasteiger partial charge in [-0.3, -0.25) is 0 Å². The molecule has 0 spiro atoms. The normalized spacial score (nSPS) is 12.7. The molecule has 1 nitrogen and oxygen atoms in total. The lowest BCUT2D eigenvalue weighted by atomic mass is 10.3. The van der Waals surface area contributed by atoms with Gasteiger partial charge < -0.3 is 5.32 Å². The maximum Gasteiger partial charge on any atom is 0.0383 e. The van der Waals surface area contributed by atoms with E-state index in [9.17, 15) is 0 Å². The zero-order chi connectivity index (χ0) is 12.9. The van der Waals surface area contributed by atoms with Crippen molar-refractivity contribution in [2.45, 2.75) is 0 Å². The van der Waals surface area contributed by atoms with E-state index >= 15 is 0 Å². The summed E-state index contributed by atoms with van der Waals surface area (Å²) in [6.07, 6.45) is 18.1. The molecule has 0 amide bonds. The Balaban J connectivity index is 4.91. The third-order valence-corrected chi connectivity index (χ3v) is 1.71. The highest BCUT2D eigenvalue weighted by Gasteiger charge is 1.92. The third kappa shape index (κ3) is 7.63. The van der Waals surface area contributed by atoms with Gasteiger partial charge in [0.25, 0.3) is 0 Å². The van der Waals surface area contributed by atoms with Crippen LogP contribution >= 0.6 is 0 Å². The average molecular weight is 225 g/mol. The molecule has 0 fully saturated rings. The van der Waals surface area contributed by atoms with Crippen LogP contribution in [0.3, 0.4) is 0 Å². The second-order valence-electron chi connectivity index (χ2n) is 3.03. The fraction of sp³-hybridized carbons (Fsp3) is 0. The molecule has 0 atom stereocenters. The molecule has 88 valence electrons. The van der Waals surface area contributed by atoms with Gasteiger partial charge in [-0.1, -0.05) is 62.8 Å². The molecule has 1 N–H and O–H groups in total. The van der Waals surface area contributed by atoms with Crippen molar-refractivity contribution in [2.24, 2.45) is 0 Å². The van der Waals surface area contributed by atoms with Crippen LogP contribution in [0.15, 0.2) is 98.5 Å². The van der Waals surface area contributed by atoms with E-state index in [2.05, 4.69) is 31.6 Å².